The topological polar surface area (TPSA) is 140 Å². The van der Waals surface area contributed by atoms with Crippen LogP contribution in [0.25, 0.3) is 10.4 Å². The van der Waals surface area contributed by atoms with E-state index in [4.69, 9.17) is 30.5 Å². The molecule has 0 N–H and O–H groups in total. The molecule has 12 heteroatoms. The Kier molecular flexibility index (Phi) is 7.44. The number of hydrogen-bond acceptors (Lipinski definition) is 9. The molecule has 11 nitrogen and oxygen atoms in total. The van der Waals surface area contributed by atoms with Crippen LogP contribution in [0.1, 0.15) is 26.3 Å². The van der Waals surface area contributed by atoms with Crippen molar-refractivity contribution >= 4 is 35.2 Å². The zero-order chi connectivity index (χ0) is 23.4. The van der Waals surface area contributed by atoms with Crippen LogP contribution in [0.5, 0.6) is 0 Å². The van der Waals surface area contributed by atoms with Gasteiger partial charge in [-0.15, -0.1) is 0 Å². The number of carbonyl (C=O) groups excluding carboxylic acids is 3. The van der Waals surface area contributed by atoms with Gasteiger partial charge in [0.05, 0.1) is 0 Å². The third kappa shape index (κ3) is 5.24. The summed E-state index contributed by atoms with van der Waals surface area (Å²) in [7, 11) is 0. The molecule has 0 aliphatic carbocycles. The predicted molar refractivity (Wildman–Crippen MR) is 112 cm³/mol. The van der Waals surface area contributed by atoms with E-state index in [1.165, 1.54) is 20.8 Å². The van der Waals surface area contributed by atoms with Crippen LogP contribution in [0.2, 0.25) is 5.02 Å². The van der Waals surface area contributed by atoms with Gasteiger partial charge in [-0.25, -0.2) is 0 Å². The molecule has 1 saturated heterocycles. The molecule has 172 valence electrons. The second-order valence-electron chi connectivity index (χ2n) is 7.43. The van der Waals surface area contributed by atoms with Gasteiger partial charge in [-0.2, -0.15) is 0 Å². The molecule has 0 aromatic heterocycles. The lowest BCUT2D eigenvalue weighted by Gasteiger charge is -2.47. The SMILES string of the molecule is CC(=O)OC[C@H]1O[C@@H](N2CCc3cc(Cl)ccc32)[C@H](OC(C)=O)[C@@H](N=[N+]=[N-])[C@H]1OC(C)=O. The summed E-state index contributed by atoms with van der Waals surface area (Å²) in [5.41, 5.74) is 11.0. The summed E-state index contributed by atoms with van der Waals surface area (Å²) < 4.78 is 22.2. The molecule has 0 radical (unpaired) electrons. The summed E-state index contributed by atoms with van der Waals surface area (Å²) in [4.78, 5) is 39.8. The fraction of sp³-hybridized carbons (Fsp3) is 0.550. The molecule has 1 aromatic carbocycles. The van der Waals surface area contributed by atoms with Crippen LogP contribution in [0.3, 0.4) is 0 Å². The molecule has 0 saturated carbocycles. The molecule has 2 aliphatic heterocycles. The largest absolute Gasteiger partial charge is 0.463 e. The number of carbonyl (C=O) groups is 3. The summed E-state index contributed by atoms with van der Waals surface area (Å²) in [6.45, 7) is 3.89. The molecule has 2 heterocycles. The molecular formula is C20H23ClN4O7. The van der Waals surface area contributed by atoms with E-state index in [0.717, 1.165) is 11.3 Å². The third-order valence-electron chi connectivity index (χ3n) is 5.16. The fourth-order valence-electron chi connectivity index (χ4n) is 4.00. The van der Waals surface area contributed by atoms with E-state index in [9.17, 15) is 19.9 Å². The minimum atomic E-state index is -1.14. The standard InChI is InChI=1S/C20H23ClN4O7/c1-10(26)29-9-16-18(30-11(2)27)17(23-24-22)19(31-12(3)28)20(32-16)25-7-6-13-8-14(21)4-5-15(13)25/h4-5,8,16-20H,6-7,9H2,1-3H3/t16-,17+,18+,19-,20-/m1/s1. The number of fused-ring (bicyclic) bond motifs is 1. The van der Waals surface area contributed by atoms with Gasteiger partial charge in [-0.3, -0.25) is 14.4 Å². The number of ether oxygens (including phenoxy) is 4. The van der Waals surface area contributed by atoms with Crippen molar-refractivity contribution in [1.29, 1.82) is 0 Å². The second-order valence-corrected chi connectivity index (χ2v) is 7.86. The van der Waals surface area contributed by atoms with E-state index in [-0.39, 0.29) is 6.61 Å². The third-order valence-corrected chi connectivity index (χ3v) is 5.39. The molecule has 0 unspecified atom stereocenters. The van der Waals surface area contributed by atoms with E-state index in [2.05, 4.69) is 10.0 Å². The quantitative estimate of drug-likeness (QED) is 0.205. The number of azide groups is 1. The Morgan fingerprint density at radius 2 is 1.88 bits per heavy atom. The summed E-state index contributed by atoms with van der Waals surface area (Å²) in [6.07, 6.45) is -3.44. The highest BCUT2D eigenvalue weighted by Gasteiger charge is 2.52. The lowest BCUT2D eigenvalue weighted by molar-refractivity contribution is -0.216. The van der Waals surface area contributed by atoms with Gasteiger partial charge in [-0.1, -0.05) is 16.7 Å². The highest BCUT2D eigenvalue weighted by molar-refractivity contribution is 6.30. The minimum Gasteiger partial charge on any atom is -0.463 e. The van der Waals surface area contributed by atoms with Gasteiger partial charge in [0.15, 0.2) is 12.3 Å². The molecule has 3 rings (SSSR count). The Labute approximate surface area is 189 Å². The van der Waals surface area contributed by atoms with Gasteiger partial charge in [0.25, 0.3) is 0 Å². The summed E-state index contributed by atoms with van der Waals surface area (Å²) in [6, 6.07) is 4.26. The maximum atomic E-state index is 11.9. The second kappa shape index (κ2) is 10.1. The normalized spacial score (nSPS) is 26.5. The Hall–Kier alpha value is -3.01. The van der Waals surface area contributed by atoms with Crippen molar-refractivity contribution in [3.8, 4) is 0 Å². The monoisotopic (exact) mass is 466 g/mol. The van der Waals surface area contributed by atoms with E-state index >= 15 is 0 Å². The summed E-state index contributed by atoms with van der Waals surface area (Å²) in [5.74, 6) is -1.85. The zero-order valence-electron chi connectivity index (χ0n) is 17.8. The highest BCUT2D eigenvalue weighted by atomic mass is 35.5. The number of benzene rings is 1. The number of anilines is 1. The molecule has 2 aliphatic rings. The minimum absolute atomic E-state index is 0.255. The maximum absolute atomic E-state index is 11.9. The van der Waals surface area contributed by atoms with Crippen LogP contribution in [0.15, 0.2) is 23.3 Å². The molecule has 1 fully saturated rings. The Morgan fingerprint density at radius 1 is 1.19 bits per heavy atom. The summed E-state index contributed by atoms with van der Waals surface area (Å²) in [5, 5.41) is 4.36. The van der Waals surface area contributed by atoms with Crippen LogP contribution >= 0.6 is 11.6 Å². The van der Waals surface area contributed by atoms with Crippen molar-refractivity contribution < 1.29 is 33.3 Å². The number of halogens is 1. The number of hydrogen-bond donors (Lipinski definition) is 0. The van der Waals surface area contributed by atoms with Crippen molar-refractivity contribution in [2.45, 2.75) is 57.8 Å². The predicted octanol–water partition coefficient (Wildman–Crippen LogP) is 2.53. The van der Waals surface area contributed by atoms with Crippen LogP contribution in [0.4, 0.5) is 5.69 Å². The smallest absolute Gasteiger partial charge is 0.303 e. The molecule has 0 amide bonds. The zero-order valence-corrected chi connectivity index (χ0v) is 18.5. The van der Waals surface area contributed by atoms with Crippen molar-refractivity contribution in [3.63, 3.8) is 0 Å². The first-order valence-corrected chi connectivity index (χ1v) is 10.3. The number of nitrogens with zero attached hydrogens (tertiary/aromatic N) is 4. The van der Waals surface area contributed by atoms with Crippen molar-refractivity contribution in [1.82, 2.24) is 0 Å². The molecular weight excluding hydrogens is 444 g/mol. The van der Waals surface area contributed by atoms with Crippen LogP contribution in [-0.2, 0) is 39.8 Å². The van der Waals surface area contributed by atoms with Gasteiger partial charge in [0.2, 0.25) is 0 Å². The first-order chi connectivity index (χ1) is 15.2. The molecule has 32 heavy (non-hydrogen) atoms. The number of rotatable bonds is 6. The van der Waals surface area contributed by atoms with Crippen LogP contribution in [-0.4, -0.2) is 61.6 Å². The van der Waals surface area contributed by atoms with Crippen LogP contribution in [0, 0.1) is 0 Å². The van der Waals surface area contributed by atoms with Crippen LogP contribution < -0.4 is 4.90 Å². The van der Waals surface area contributed by atoms with Gasteiger partial charge in [0, 0.05) is 42.9 Å². The maximum Gasteiger partial charge on any atom is 0.303 e. The van der Waals surface area contributed by atoms with Gasteiger partial charge < -0.3 is 23.8 Å². The fourth-order valence-corrected chi connectivity index (χ4v) is 4.20. The first-order valence-electron chi connectivity index (χ1n) is 9.93. The number of esters is 3. The molecule has 0 bridgehead atoms. The Balaban J connectivity index is 2.04. The van der Waals surface area contributed by atoms with Crippen molar-refractivity contribution in [3.05, 3.63) is 39.2 Å². The first kappa shape index (κ1) is 23.6. The summed E-state index contributed by atoms with van der Waals surface area (Å²) >= 11 is 6.11. The van der Waals surface area contributed by atoms with Crippen molar-refractivity contribution in [2.24, 2.45) is 5.11 Å². The Morgan fingerprint density at radius 3 is 2.50 bits per heavy atom. The van der Waals surface area contributed by atoms with Gasteiger partial charge in [0.1, 0.15) is 24.9 Å². The Bertz CT molecular complexity index is 952. The molecule has 1 aromatic rings. The average Bonchev–Trinajstić information content (AvgIpc) is 3.11. The lowest BCUT2D eigenvalue weighted by Crippen LogP contribution is -2.64. The van der Waals surface area contributed by atoms with Gasteiger partial charge in [-0.05, 0) is 35.7 Å². The van der Waals surface area contributed by atoms with Crippen molar-refractivity contribution in [2.75, 3.05) is 18.1 Å². The van der Waals surface area contributed by atoms with E-state index < -0.39 is 48.5 Å². The average molecular weight is 467 g/mol. The van der Waals surface area contributed by atoms with E-state index in [1.807, 2.05) is 17.0 Å². The van der Waals surface area contributed by atoms with E-state index in [0.29, 0.717) is 18.0 Å². The van der Waals surface area contributed by atoms with Gasteiger partial charge >= 0.3 is 17.9 Å². The van der Waals surface area contributed by atoms with E-state index in [1.54, 1.807) is 6.07 Å². The lowest BCUT2D eigenvalue weighted by atomic mass is 9.94. The molecule has 5 atom stereocenters. The molecule has 0 spiro atoms. The highest BCUT2D eigenvalue weighted by Crippen LogP contribution is 2.38.